The Balaban J connectivity index is 1.38. The van der Waals surface area contributed by atoms with Crippen molar-refractivity contribution >= 4 is 15.9 Å². The van der Waals surface area contributed by atoms with Crippen LogP contribution >= 0.6 is 0 Å². The van der Waals surface area contributed by atoms with Crippen LogP contribution < -0.4 is 0 Å². The van der Waals surface area contributed by atoms with Crippen molar-refractivity contribution < 1.29 is 26.9 Å². The summed E-state index contributed by atoms with van der Waals surface area (Å²) in [5.74, 6) is -0.126. The lowest BCUT2D eigenvalue weighted by Crippen LogP contribution is -2.53. The van der Waals surface area contributed by atoms with E-state index in [0.29, 0.717) is 38.5 Å². The third-order valence-electron chi connectivity index (χ3n) is 6.30. The molecule has 0 bridgehead atoms. The number of carbonyl (C=O) groups is 1. The second-order valence-electron chi connectivity index (χ2n) is 8.87. The van der Waals surface area contributed by atoms with Crippen LogP contribution in [0.1, 0.15) is 29.9 Å². The number of ether oxygens (including phenoxy) is 1. The van der Waals surface area contributed by atoms with Gasteiger partial charge in [-0.1, -0.05) is 17.3 Å². The van der Waals surface area contributed by atoms with Crippen LogP contribution in [0, 0.1) is 19.7 Å². The van der Waals surface area contributed by atoms with Crippen molar-refractivity contribution in [1.29, 1.82) is 0 Å². The van der Waals surface area contributed by atoms with E-state index in [1.807, 2.05) is 11.0 Å². The first-order valence-electron chi connectivity index (χ1n) is 11.5. The van der Waals surface area contributed by atoms with E-state index in [0.717, 1.165) is 18.4 Å². The van der Waals surface area contributed by atoms with Crippen LogP contribution in [0.2, 0.25) is 0 Å². The lowest BCUT2D eigenvalue weighted by Gasteiger charge is -2.35. The highest BCUT2D eigenvalue weighted by atomic mass is 32.2. The lowest BCUT2D eigenvalue weighted by molar-refractivity contribution is -0.134. The molecule has 11 heteroatoms. The number of sulfonamides is 1. The van der Waals surface area contributed by atoms with Gasteiger partial charge in [0.1, 0.15) is 16.4 Å². The SMILES string of the molecule is Cc1noc(C)c1S(=O)(=O)N1CCN(C(=O)CN(Cc2cccc(F)c2)CC2CCCO2)CC1. The molecule has 1 amide bonds. The number of aryl methyl sites for hydroxylation is 2. The van der Waals surface area contributed by atoms with E-state index >= 15 is 0 Å². The summed E-state index contributed by atoms with van der Waals surface area (Å²) in [5.41, 5.74) is 1.12. The van der Waals surface area contributed by atoms with Crippen molar-refractivity contribution in [2.45, 2.75) is 44.2 Å². The Morgan fingerprint density at radius 3 is 2.62 bits per heavy atom. The zero-order valence-electron chi connectivity index (χ0n) is 19.6. The molecule has 2 saturated heterocycles. The van der Waals surface area contributed by atoms with Crippen LogP contribution in [0.3, 0.4) is 0 Å². The first-order chi connectivity index (χ1) is 16.2. The normalized spacial score (nSPS) is 19.8. The van der Waals surface area contributed by atoms with Gasteiger partial charge in [0, 0.05) is 45.9 Å². The molecule has 1 aromatic carbocycles. The summed E-state index contributed by atoms with van der Waals surface area (Å²) >= 11 is 0. The van der Waals surface area contributed by atoms with E-state index in [1.54, 1.807) is 24.8 Å². The second-order valence-corrected chi connectivity index (χ2v) is 10.7. The van der Waals surface area contributed by atoms with Crippen molar-refractivity contribution in [1.82, 2.24) is 19.3 Å². The lowest BCUT2D eigenvalue weighted by atomic mass is 10.1. The van der Waals surface area contributed by atoms with Gasteiger partial charge in [0.25, 0.3) is 0 Å². The maximum Gasteiger partial charge on any atom is 0.248 e. The van der Waals surface area contributed by atoms with Crippen LogP contribution in [-0.2, 0) is 26.1 Å². The number of carbonyl (C=O) groups excluding carboxylic acids is 1. The van der Waals surface area contributed by atoms with Gasteiger partial charge in [0.2, 0.25) is 15.9 Å². The van der Waals surface area contributed by atoms with Crippen molar-refractivity contribution in [2.24, 2.45) is 0 Å². The molecule has 0 radical (unpaired) electrons. The Hall–Kier alpha value is -2.34. The summed E-state index contributed by atoms with van der Waals surface area (Å²) in [6.45, 7) is 6.08. The van der Waals surface area contributed by atoms with Crippen molar-refractivity contribution in [3.8, 4) is 0 Å². The number of hydrogen-bond donors (Lipinski definition) is 0. The van der Waals surface area contributed by atoms with E-state index < -0.39 is 10.0 Å². The predicted octanol–water partition coefficient (Wildman–Crippen LogP) is 1.94. The maximum absolute atomic E-state index is 13.7. The summed E-state index contributed by atoms with van der Waals surface area (Å²) in [6, 6.07) is 6.38. The molecule has 9 nitrogen and oxygen atoms in total. The Bertz CT molecular complexity index is 1090. The number of benzene rings is 1. The van der Waals surface area contributed by atoms with E-state index in [2.05, 4.69) is 5.16 Å². The molecule has 4 rings (SSSR count). The fourth-order valence-corrected chi connectivity index (χ4v) is 6.31. The summed E-state index contributed by atoms with van der Waals surface area (Å²) in [7, 11) is -3.74. The standard InChI is InChI=1S/C23H31FN4O5S/c1-17-23(18(2)33-25-17)34(30,31)28-10-8-27(9-11-28)22(29)16-26(15-21-7-4-12-32-21)14-19-5-3-6-20(24)13-19/h3,5-6,13,21H,4,7-12,14-16H2,1-2H3. The zero-order chi connectivity index (χ0) is 24.3. The summed E-state index contributed by atoms with van der Waals surface area (Å²) < 4.78 is 51.9. The van der Waals surface area contributed by atoms with Gasteiger partial charge < -0.3 is 14.2 Å². The molecule has 1 aromatic heterocycles. The first kappa shape index (κ1) is 24.8. The molecule has 0 saturated carbocycles. The molecule has 3 heterocycles. The van der Waals surface area contributed by atoms with Crippen LogP contribution in [-0.4, -0.2) is 85.6 Å². The number of amides is 1. The third-order valence-corrected chi connectivity index (χ3v) is 8.44. The quantitative estimate of drug-likeness (QED) is 0.553. The van der Waals surface area contributed by atoms with Crippen LogP contribution in [0.4, 0.5) is 4.39 Å². The minimum Gasteiger partial charge on any atom is -0.377 e. The summed E-state index contributed by atoms with van der Waals surface area (Å²) in [5, 5.41) is 3.75. The van der Waals surface area contributed by atoms with Gasteiger partial charge >= 0.3 is 0 Å². The van der Waals surface area contributed by atoms with Crippen molar-refractivity contribution in [2.75, 3.05) is 45.9 Å². The minimum absolute atomic E-state index is 0.0541. The molecule has 2 aromatic rings. The molecule has 1 unspecified atom stereocenters. The van der Waals surface area contributed by atoms with Gasteiger partial charge in [-0.05, 0) is 44.4 Å². The summed E-state index contributed by atoms with van der Waals surface area (Å²) in [6.07, 6.45) is 1.98. The molecule has 186 valence electrons. The minimum atomic E-state index is -3.74. The van der Waals surface area contributed by atoms with E-state index in [-0.39, 0.29) is 48.1 Å². The average molecular weight is 495 g/mol. The maximum atomic E-state index is 13.7. The highest BCUT2D eigenvalue weighted by Gasteiger charge is 2.34. The van der Waals surface area contributed by atoms with Gasteiger partial charge in [-0.15, -0.1) is 0 Å². The zero-order valence-corrected chi connectivity index (χ0v) is 20.4. The van der Waals surface area contributed by atoms with Crippen LogP contribution in [0.15, 0.2) is 33.7 Å². The van der Waals surface area contributed by atoms with Gasteiger partial charge in [0.05, 0.1) is 12.6 Å². The Kier molecular flexibility index (Phi) is 7.66. The number of hydrogen-bond acceptors (Lipinski definition) is 7. The smallest absolute Gasteiger partial charge is 0.248 e. The molecule has 0 aliphatic carbocycles. The average Bonchev–Trinajstić information content (AvgIpc) is 3.43. The molecule has 0 N–H and O–H groups in total. The molecule has 1 atom stereocenters. The molecular weight excluding hydrogens is 463 g/mol. The van der Waals surface area contributed by atoms with Crippen molar-refractivity contribution in [3.05, 3.63) is 47.1 Å². The molecule has 34 heavy (non-hydrogen) atoms. The number of halogens is 1. The number of rotatable bonds is 8. The number of nitrogens with zero attached hydrogens (tertiary/aromatic N) is 4. The first-order valence-corrected chi connectivity index (χ1v) is 13.0. The van der Waals surface area contributed by atoms with Crippen molar-refractivity contribution in [3.63, 3.8) is 0 Å². The molecule has 2 aliphatic heterocycles. The van der Waals surface area contributed by atoms with Gasteiger partial charge in [0.15, 0.2) is 5.76 Å². The number of piperazine rings is 1. The Labute approximate surface area is 199 Å². The fourth-order valence-electron chi connectivity index (χ4n) is 4.60. The van der Waals surface area contributed by atoms with Gasteiger partial charge in [-0.3, -0.25) is 9.69 Å². The topological polar surface area (TPSA) is 96.2 Å². The Morgan fingerprint density at radius 1 is 1.24 bits per heavy atom. The Morgan fingerprint density at radius 2 is 2.00 bits per heavy atom. The van der Waals surface area contributed by atoms with E-state index in [1.165, 1.54) is 16.4 Å². The van der Waals surface area contributed by atoms with Crippen LogP contribution in [0.5, 0.6) is 0 Å². The molecule has 0 spiro atoms. The summed E-state index contributed by atoms with van der Waals surface area (Å²) in [4.78, 5) is 16.9. The number of aromatic nitrogens is 1. The van der Waals surface area contributed by atoms with E-state index in [4.69, 9.17) is 9.26 Å². The highest BCUT2D eigenvalue weighted by molar-refractivity contribution is 7.89. The molecular formula is C23H31FN4O5S. The van der Waals surface area contributed by atoms with Gasteiger partial charge in [-0.25, -0.2) is 12.8 Å². The molecule has 2 fully saturated rings. The second kappa shape index (κ2) is 10.5. The largest absolute Gasteiger partial charge is 0.377 e. The monoisotopic (exact) mass is 494 g/mol. The third kappa shape index (κ3) is 5.65. The highest BCUT2D eigenvalue weighted by Crippen LogP contribution is 2.24. The molecule has 2 aliphatic rings. The fraction of sp³-hybridized carbons (Fsp3) is 0.565. The predicted molar refractivity (Wildman–Crippen MR) is 122 cm³/mol. The van der Waals surface area contributed by atoms with E-state index in [9.17, 15) is 17.6 Å². The van der Waals surface area contributed by atoms with Crippen LogP contribution in [0.25, 0.3) is 0 Å². The van der Waals surface area contributed by atoms with Gasteiger partial charge in [-0.2, -0.15) is 4.31 Å².